The molecule has 2 aromatic carbocycles. The first kappa shape index (κ1) is 22.1. The van der Waals surface area contributed by atoms with Gasteiger partial charge in [0.25, 0.3) is 5.91 Å². The number of aliphatic imine (C=N–C) groups is 1. The highest BCUT2D eigenvalue weighted by atomic mass is 16.5. The van der Waals surface area contributed by atoms with Crippen LogP contribution >= 0.6 is 0 Å². The monoisotopic (exact) mass is 419 g/mol. The standard InChI is InChI=1S/C24H29N5O2/c1-5-29-18(3)22(17(2)28-29)15-16-25-24(26-20-9-7-6-8-10-20)27-23(30)19-11-13-21(31-4)14-12-19/h6-14H,5,15-16H2,1-4H3,(H2,25,26,27,30). The van der Waals surface area contributed by atoms with Gasteiger partial charge in [-0.05, 0) is 69.2 Å². The first-order valence-electron chi connectivity index (χ1n) is 10.4. The second-order valence-electron chi connectivity index (χ2n) is 7.12. The van der Waals surface area contributed by atoms with Crippen LogP contribution in [-0.4, -0.2) is 35.3 Å². The number of amides is 1. The SMILES string of the molecule is CCn1nc(C)c(CCN=C(NC(=O)c2ccc(OC)cc2)Nc2ccccc2)c1C. The van der Waals surface area contributed by atoms with E-state index < -0.39 is 0 Å². The van der Waals surface area contributed by atoms with E-state index in [1.54, 1.807) is 31.4 Å². The Bertz CT molecular complexity index is 1040. The summed E-state index contributed by atoms with van der Waals surface area (Å²) in [6, 6.07) is 16.6. The summed E-state index contributed by atoms with van der Waals surface area (Å²) in [5.41, 5.74) is 4.76. The molecular formula is C24H29N5O2. The summed E-state index contributed by atoms with van der Waals surface area (Å²) in [5, 5.41) is 10.7. The van der Waals surface area contributed by atoms with Gasteiger partial charge < -0.3 is 10.1 Å². The smallest absolute Gasteiger partial charge is 0.257 e. The first-order chi connectivity index (χ1) is 15.0. The number of aromatic nitrogens is 2. The summed E-state index contributed by atoms with van der Waals surface area (Å²) >= 11 is 0. The van der Waals surface area contributed by atoms with Crippen molar-refractivity contribution in [2.75, 3.05) is 19.0 Å². The fraction of sp³-hybridized carbons (Fsp3) is 0.292. The molecule has 0 unspecified atom stereocenters. The Hall–Kier alpha value is -3.61. The predicted molar refractivity (Wildman–Crippen MR) is 124 cm³/mol. The molecule has 0 atom stereocenters. The minimum Gasteiger partial charge on any atom is -0.497 e. The number of ether oxygens (including phenoxy) is 1. The summed E-state index contributed by atoms with van der Waals surface area (Å²) in [7, 11) is 1.59. The van der Waals surface area contributed by atoms with Gasteiger partial charge in [-0.25, -0.2) is 0 Å². The van der Waals surface area contributed by atoms with Gasteiger partial charge in [-0.3, -0.25) is 19.8 Å². The summed E-state index contributed by atoms with van der Waals surface area (Å²) in [6.45, 7) is 7.55. The number of aryl methyl sites for hydroxylation is 2. The van der Waals surface area contributed by atoms with Gasteiger partial charge in [0.15, 0.2) is 0 Å². The van der Waals surface area contributed by atoms with Crippen LogP contribution in [0.15, 0.2) is 59.6 Å². The van der Waals surface area contributed by atoms with Crippen LogP contribution in [0.4, 0.5) is 5.69 Å². The van der Waals surface area contributed by atoms with Crippen molar-refractivity contribution in [3.8, 4) is 5.75 Å². The molecule has 0 fully saturated rings. The normalized spacial score (nSPS) is 11.3. The molecule has 0 saturated heterocycles. The number of para-hydroxylation sites is 1. The largest absolute Gasteiger partial charge is 0.497 e. The third kappa shape index (κ3) is 5.72. The number of hydrogen-bond acceptors (Lipinski definition) is 4. The third-order valence-electron chi connectivity index (χ3n) is 5.08. The number of nitrogens with zero attached hydrogens (tertiary/aromatic N) is 3. The number of methoxy groups -OCH3 is 1. The molecule has 162 valence electrons. The Kier molecular flexibility index (Phi) is 7.43. The molecule has 0 aliphatic carbocycles. The van der Waals surface area contributed by atoms with Crippen LogP contribution in [0.2, 0.25) is 0 Å². The summed E-state index contributed by atoms with van der Waals surface area (Å²) < 4.78 is 7.16. The molecule has 1 aromatic heterocycles. The van der Waals surface area contributed by atoms with E-state index in [0.29, 0.717) is 23.8 Å². The number of anilines is 1. The van der Waals surface area contributed by atoms with E-state index in [-0.39, 0.29) is 5.91 Å². The molecule has 3 rings (SSSR count). The molecule has 31 heavy (non-hydrogen) atoms. The number of rotatable bonds is 7. The molecule has 7 nitrogen and oxygen atoms in total. The maximum atomic E-state index is 12.7. The fourth-order valence-corrected chi connectivity index (χ4v) is 3.37. The summed E-state index contributed by atoms with van der Waals surface area (Å²) in [4.78, 5) is 17.4. The van der Waals surface area contributed by atoms with Crippen molar-refractivity contribution in [1.29, 1.82) is 0 Å². The minimum atomic E-state index is -0.240. The number of hydrogen-bond donors (Lipinski definition) is 2. The Balaban J connectivity index is 1.75. The molecule has 3 aromatic rings. The molecular weight excluding hydrogens is 390 g/mol. The van der Waals surface area contributed by atoms with E-state index in [1.807, 2.05) is 41.9 Å². The van der Waals surface area contributed by atoms with Crippen LogP contribution in [0.25, 0.3) is 0 Å². The average molecular weight is 420 g/mol. The maximum Gasteiger partial charge on any atom is 0.257 e. The van der Waals surface area contributed by atoms with Gasteiger partial charge in [0.1, 0.15) is 5.75 Å². The zero-order valence-electron chi connectivity index (χ0n) is 18.5. The van der Waals surface area contributed by atoms with E-state index in [4.69, 9.17) is 4.74 Å². The van der Waals surface area contributed by atoms with E-state index in [9.17, 15) is 4.79 Å². The Morgan fingerprint density at radius 2 is 1.81 bits per heavy atom. The van der Waals surface area contributed by atoms with Gasteiger partial charge in [-0.2, -0.15) is 5.10 Å². The molecule has 0 saturated carbocycles. The van der Waals surface area contributed by atoms with Crippen molar-refractivity contribution in [3.63, 3.8) is 0 Å². The molecule has 0 aliphatic rings. The lowest BCUT2D eigenvalue weighted by molar-refractivity contribution is 0.0977. The molecule has 7 heteroatoms. The Morgan fingerprint density at radius 1 is 1.10 bits per heavy atom. The Morgan fingerprint density at radius 3 is 2.42 bits per heavy atom. The van der Waals surface area contributed by atoms with Gasteiger partial charge in [-0.15, -0.1) is 0 Å². The van der Waals surface area contributed by atoms with Crippen LogP contribution in [0.5, 0.6) is 5.75 Å². The lowest BCUT2D eigenvalue weighted by atomic mass is 10.1. The number of carbonyl (C=O) groups is 1. The van der Waals surface area contributed by atoms with Gasteiger partial charge in [0.05, 0.1) is 12.8 Å². The van der Waals surface area contributed by atoms with Crippen LogP contribution < -0.4 is 15.4 Å². The second kappa shape index (κ2) is 10.4. The number of carbonyl (C=O) groups excluding carboxylic acids is 1. The van der Waals surface area contributed by atoms with Gasteiger partial charge in [-0.1, -0.05) is 18.2 Å². The molecule has 0 radical (unpaired) electrons. The van der Waals surface area contributed by atoms with Crippen LogP contribution in [-0.2, 0) is 13.0 Å². The summed E-state index contributed by atoms with van der Waals surface area (Å²) in [6.07, 6.45) is 0.746. The summed E-state index contributed by atoms with van der Waals surface area (Å²) in [5.74, 6) is 0.868. The van der Waals surface area contributed by atoms with E-state index in [0.717, 1.165) is 30.0 Å². The first-order valence-corrected chi connectivity index (χ1v) is 10.4. The van der Waals surface area contributed by atoms with Crippen LogP contribution in [0, 0.1) is 13.8 Å². The number of benzene rings is 2. The molecule has 0 bridgehead atoms. The highest BCUT2D eigenvalue weighted by Crippen LogP contribution is 2.14. The lowest BCUT2D eigenvalue weighted by Crippen LogP contribution is -2.36. The van der Waals surface area contributed by atoms with Crippen molar-refractivity contribution in [2.24, 2.45) is 4.99 Å². The molecule has 2 N–H and O–H groups in total. The second-order valence-corrected chi connectivity index (χ2v) is 7.12. The van der Waals surface area contributed by atoms with Crippen LogP contribution in [0.3, 0.4) is 0 Å². The van der Waals surface area contributed by atoms with Crippen molar-refractivity contribution in [1.82, 2.24) is 15.1 Å². The van der Waals surface area contributed by atoms with Crippen LogP contribution in [0.1, 0.15) is 34.2 Å². The average Bonchev–Trinajstić information content (AvgIpc) is 3.07. The predicted octanol–water partition coefficient (Wildman–Crippen LogP) is 3.97. The molecule has 0 aliphatic heterocycles. The molecule has 1 heterocycles. The fourth-order valence-electron chi connectivity index (χ4n) is 3.37. The maximum absolute atomic E-state index is 12.7. The highest BCUT2D eigenvalue weighted by molar-refractivity contribution is 6.10. The van der Waals surface area contributed by atoms with E-state index in [2.05, 4.69) is 34.6 Å². The van der Waals surface area contributed by atoms with Gasteiger partial charge >= 0.3 is 0 Å². The third-order valence-corrected chi connectivity index (χ3v) is 5.08. The highest BCUT2D eigenvalue weighted by Gasteiger charge is 2.12. The number of nitrogens with one attached hydrogen (secondary N) is 2. The van der Waals surface area contributed by atoms with Gasteiger partial charge in [0.2, 0.25) is 5.96 Å². The quantitative estimate of drug-likeness (QED) is 0.449. The van der Waals surface area contributed by atoms with Gasteiger partial charge in [0, 0.05) is 30.0 Å². The molecule has 1 amide bonds. The topological polar surface area (TPSA) is 80.5 Å². The van der Waals surface area contributed by atoms with E-state index in [1.165, 1.54) is 5.56 Å². The number of guanidine groups is 1. The van der Waals surface area contributed by atoms with Crippen molar-refractivity contribution < 1.29 is 9.53 Å². The van der Waals surface area contributed by atoms with Crippen molar-refractivity contribution in [3.05, 3.63) is 77.1 Å². The zero-order chi connectivity index (χ0) is 22.2. The molecule has 0 spiro atoms. The van der Waals surface area contributed by atoms with Crippen molar-refractivity contribution in [2.45, 2.75) is 33.7 Å². The Labute approximate surface area is 183 Å². The minimum absolute atomic E-state index is 0.240. The van der Waals surface area contributed by atoms with Crippen molar-refractivity contribution >= 4 is 17.6 Å². The lowest BCUT2D eigenvalue weighted by Gasteiger charge is -2.12. The zero-order valence-corrected chi connectivity index (χ0v) is 18.5. The van der Waals surface area contributed by atoms with E-state index >= 15 is 0 Å².